The fraction of sp³-hybridized carbons (Fsp3) is 1.00. The van der Waals surface area contributed by atoms with E-state index >= 15 is 0 Å². The first-order valence-electron chi connectivity index (χ1n) is 24.8. The van der Waals surface area contributed by atoms with Gasteiger partial charge in [-0.25, -0.2) is 0 Å². The minimum atomic E-state index is 0.783. The highest BCUT2D eigenvalue weighted by Crippen LogP contribution is 2.50. The summed E-state index contributed by atoms with van der Waals surface area (Å²) in [5.74, 6) is 13.9. The van der Waals surface area contributed by atoms with Gasteiger partial charge in [0.05, 0.1) is 0 Å². The molecule has 0 aromatic heterocycles. The molecule has 12 atom stereocenters. The quantitative estimate of drug-likeness (QED) is 0.0822. The Morgan fingerprint density at radius 1 is 0.404 bits per heavy atom. The normalized spacial score (nSPS) is 24.2. The van der Waals surface area contributed by atoms with E-state index in [1.54, 1.807) is 0 Å². The van der Waals surface area contributed by atoms with E-state index in [-0.39, 0.29) is 0 Å². The molecule has 0 saturated heterocycles. The molecule has 0 spiro atoms. The Balaban J connectivity index is 2.41. The average molecular weight is 727 g/mol. The molecule has 310 valence electrons. The lowest BCUT2D eigenvalue weighted by Gasteiger charge is -2.46. The number of rotatable bonds is 25. The van der Waals surface area contributed by atoms with E-state index in [0.29, 0.717) is 0 Å². The largest absolute Gasteiger partial charge is 0.0654 e. The second-order valence-electron chi connectivity index (χ2n) is 21.3. The van der Waals surface area contributed by atoms with Crippen LogP contribution in [-0.4, -0.2) is 0 Å². The molecule has 52 heavy (non-hydrogen) atoms. The summed E-state index contributed by atoms with van der Waals surface area (Å²) in [5.41, 5.74) is 0. The maximum Gasteiger partial charge on any atom is -0.0326 e. The number of unbranched alkanes of at least 4 members (excludes halogenated alkanes) is 1. The molecule has 0 heteroatoms. The van der Waals surface area contributed by atoms with Gasteiger partial charge in [-0.1, -0.05) is 225 Å². The van der Waals surface area contributed by atoms with Crippen LogP contribution in [-0.2, 0) is 0 Å². The molecule has 0 N–H and O–H groups in total. The van der Waals surface area contributed by atoms with Crippen LogP contribution < -0.4 is 0 Å². The number of hydrogen-bond donors (Lipinski definition) is 0. The molecule has 0 bridgehead atoms. The predicted molar refractivity (Wildman–Crippen MR) is 237 cm³/mol. The van der Waals surface area contributed by atoms with Gasteiger partial charge >= 0.3 is 0 Å². The van der Waals surface area contributed by atoms with E-state index in [4.69, 9.17) is 0 Å². The van der Waals surface area contributed by atoms with Crippen molar-refractivity contribution in [2.75, 3.05) is 0 Å². The molecule has 2 fully saturated rings. The molecule has 2 aliphatic carbocycles. The van der Waals surface area contributed by atoms with Gasteiger partial charge in [-0.3, -0.25) is 0 Å². The third-order valence-corrected chi connectivity index (χ3v) is 16.6. The lowest BCUT2D eigenvalue weighted by atomic mass is 9.59. The second-order valence-corrected chi connectivity index (χ2v) is 21.3. The molecule has 0 nitrogen and oxygen atoms in total. The molecule has 0 amide bonds. The Hall–Kier alpha value is 0. The Morgan fingerprint density at radius 3 is 1.27 bits per heavy atom. The maximum absolute atomic E-state index is 2.77. The fourth-order valence-electron chi connectivity index (χ4n) is 13.1. The third-order valence-electron chi connectivity index (χ3n) is 16.6. The summed E-state index contributed by atoms with van der Waals surface area (Å²) < 4.78 is 0. The van der Waals surface area contributed by atoms with Crippen molar-refractivity contribution in [2.45, 2.75) is 238 Å². The Labute approximate surface area is 331 Å². The van der Waals surface area contributed by atoms with Crippen LogP contribution in [0, 0.1) is 94.7 Å². The minimum absolute atomic E-state index is 0.783. The Bertz CT molecular complexity index is 838. The first-order valence-corrected chi connectivity index (χ1v) is 24.8. The first-order chi connectivity index (χ1) is 24.8. The van der Waals surface area contributed by atoms with Crippen molar-refractivity contribution in [3.05, 3.63) is 0 Å². The molecule has 0 radical (unpaired) electrons. The lowest BCUT2D eigenvalue weighted by Crippen LogP contribution is -2.39. The highest BCUT2D eigenvalue weighted by atomic mass is 14.5. The summed E-state index contributed by atoms with van der Waals surface area (Å²) in [6.07, 6.45) is 32.1. The molecule has 0 aromatic carbocycles. The summed E-state index contributed by atoms with van der Waals surface area (Å²) in [6.45, 7) is 36.4. The SMILES string of the molecule is CCCCC(C)C(C(C)C(C)C)C(C(C)CCC(C)C(C1CCCCCC1)C(C(C)C)C(C)CC(CC)CC(C)C(C)CCC)C1CCCCCC1. The van der Waals surface area contributed by atoms with Crippen LogP contribution in [0.2, 0.25) is 0 Å². The average Bonchev–Trinajstić information content (AvgIpc) is 3.55. The van der Waals surface area contributed by atoms with Gasteiger partial charge in [0, 0.05) is 0 Å². The van der Waals surface area contributed by atoms with Gasteiger partial charge in [0.2, 0.25) is 0 Å². The van der Waals surface area contributed by atoms with Gasteiger partial charge < -0.3 is 0 Å². The van der Waals surface area contributed by atoms with Crippen molar-refractivity contribution in [3.8, 4) is 0 Å². The van der Waals surface area contributed by atoms with Gasteiger partial charge in [-0.2, -0.15) is 0 Å². The molecule has 2 saturated carbocycles. The van der Waals surface area contributed by atoms with Gasteiger partial charge in [0.15, 0.2) is 0 Å². The van der Waals surface area contributed by atoms with Crippen molar-refractivity contribution in [1.29, 1.82) is 0 Å². The van der Waals surface area contributed by atoms with Crippen LogP contribution in [0.5, 0.6) is 0 Å². The van der Waals surface area contributed by atoms with Crippen LogP contribution in [0.4, 0.5) is 0 Å². The van der Waals surface area contributed by atoms with Crippen molar-refractivity contribution in [3.63, 3.8) is 0 Å². The zero-order valence-corrected chi connectivity index (χ0v) is 38.8. The summed E-state index contributed by atoms with van der Waals surface area (Å²) >= 11 is 0. The van der Waals surface area contributed by atoms with E-state index < -0.39 is 0 Å². The van der Waals surface area contributed by atoms with Gasteiger partial charge in [-0.05, 0) is 108 Å². The van der Waals surface area contributed by atoms with E-state index in [1.165, 1.54) is 141 Å². The van der Waals surface area contributed by atoms with Crippen molar-refractivity contribution < 1.29 is 0 Å². The Morgan fingerprint density at radius 2 is 0.865 bits per heavy atom. The van der Waals surface area contributed by atoms with Crippen LogP contribution in [0.1, 0.15) is 238 Å². The fourth-order valence-corrected chi connectivity index (χ4v) is 13.1. The zero-order chi connectivity index (χ0) is 38.8. The highest BCUT2D eigenvalue weighted by Gasteiger charge is 2.42. The predicted octanol–water partition coefficient (Wildman–Crippen LogP) is 17.7. The standard InChI is InChI=1S/C52H102/c1-15-18-28-40(9)50(45(14)37(4)5)52(48-31-25-21-22-26-32-48)42(11)34-33-41(10)51(47-29-23-19-20-24-30-47)49(38(6)7)44(13)36-46(17-3)35-43(12)39(8)27-16-2/h37-52H,15-36H2,1-14H3. The maximum atomic E-state index is 2.77. The van der Waals surface area contributed by atoms with Gasteiger partial charge in [-0.15, -0.1) is 0 Å². The minimum Gasteiger partial charge on any atom is -0.0654 e. The first kappa shape index (κ1) is 48.1. The highest BCUT2D eigenvalue weighted by molar-refractivity contribution is 4.91. The second kappa shape index (κ2) is 26.0. The molecule has 2 rings (SSSR count). The molecule has 12 unspecified atom stereocenters. The Kier molecular flexibility index (Phi) is 24.1. The summed E-state index contributed by atoms with van der Waals surface area (Å²) in [5, 5.41) is 0. The smallest absolute Gasteiger partial charge is 0.0326 e. The van der Waals surface area contributed by atoms with E-state index in [9.17, 15) is 0 Å². The van der Waals surface area contributed by atoms with Crippen LogP contribution in [0.25, 0.3) is 0 Å². The zero-order valence-electron chi connectivity index (χ0n) is 38.8. The van der Waals surface area contributed by atoms with Crippen LogP contribution >= 0.6 is 0 Å². The van der Waals surface area contributed by atoms with E-state index in [1.807, 2.05) is 0 Å². The monoisotopic (exact) mass is 727 g/mol. The molecular formula is C52H102. The van der Waals surface area contributed by atoms with Crippen LogP contribution in [0.3, 0.4) is 0 Å². The van der Waals surface area contributed by atoms with Crippen molar-refractivity contribution >= 4 is 0 Å². The summed E-state index contributed by atoms with van der Waals surface area (Å²) in [4.78, 5) is 0. The molecule has 0 aliphatic heterocycles. The lowest BCUT2D eigenvalue weighted by molar-refractivity contribution is 0.0246. The van der Waals surface area contributed by atoms with Crippen molar-refractivity contribution in [2.24, 2.45) is 94.7 Å². The molecule has 0 aromatic rings. The third kappa shape index (κ3) is 15.5. The van der Waals surface area contributed by atoms with Crippen LogP contribution in [0.15, 0.2) is 0 Å². The van der Waals surface area contributed by atoms with E-state index in [2.05, 4.69) is 96.9 Å². The summed E-state index contributed by atoms with van der Waals surface area (Å²) in [6, 6.07) is 0. The van der Waals surface area contributed by atoms with Gasteiger partial charge in [0.1, 0.15) is 0 Å². The van der Waals surface area contributed by atoms with Gasteiger partial charge in [0.25, 0.3) is 0 Å². The topological polar surface area (TPSA) is 0 Å². The molecule has 2 aliphatic rings. The summed E-state index contributed by atoms with van der Waals surface area (Å²) in [7, 11) is 0. The molecular weight excluding hydrogens is 625 g/mol. The van der Waals surface area contributed by atoms with Crippen molar-refractivity contribution in [1.82, 2.24) is 0 Å². The van der Waals surface area contributed by atoms with E-state index in [0.717, 1.165) is 94.7 Å². The molecule has 0 heterocycles. The number of hydrogen-bond acceptors (Lipinski definition) is 0.